The molecule has 1 aliphatic rings. The van der Waals surface area contributed by atoms with Crippen molar-refractivity contribution in [2.75, 3.05) is 40.1 Å². The van der Waals surface area contributed by atoms with Crippen LogP contribution in [0.4, 0.5) is 8.78 Å². The first kappa shape index (κ1) is 16.9. The van der Waals surface area contributed by atoms with Gasteiger partial charge in [0.25, 0.3) is 0 Å². The topological polar surface area (TPSA) is 43.0 Å². The minimum absolute atomic E-state index is 0.115. The van der Waals surface area contributed by atoms with Crippen LogP contribution in [-0.2, 0) is 9.47 Å². The van der Waals surface area contributed by atoms with Crippen molar-refractivity contribution in [3.05, 3.63) is 29.8 Å². The molecule has 0 bridgehead atoms. The molecule has 22 heavy (non-hydrogen) atoms. The highest BCUT2D eigenvalue weighted by molar-refractivity contribution is 7.80. The number of nitrogens with zero attached hydrogens (tertiary/aromatic N) is 1. The van der Waals surface area contributed by atoms with E-state index in [0.29, 0.717) is 31.5 Å². The Balaban J connectivity index is 1.85. The van der Waals surface area contributed by atoms with Crippen LogP contribution >= 0.6 is 12.2 Å². The van der Waals surface area contributed by atoms with Crippen LogP contribution in [0.5, 0.6) is 5.75 Å². The van der Waals surface area contributed by atoms with Crippen molar-refractivity contribution in [3.63, 3.8) is 0 Å². The Labute approximate surface area is 133 Å². The zero-order valence-electron chi connectivity index (χ0n) is 12.2. The molecule has 0 saturated carbocycles. The molecule has 1 aromatic rings. The maximum absolute atomic E-state index is 13.5. The predicted octanol–water partition coefficient (Wildman–Crippen LogP) is 1.52. The fourth-order valence-electron chi connectivity index (χ4n) is 2.02. The van der Waals surface area contributed by atoms with E-state index in [4.69, 9.17) is 26.4 Å². The van der Waals surface area contributed by atoms with Crippen molar-refractivity contribution in [1.29, 1.82) is 0 Å². The Morgan fingerprint density at radius 2 is 2.32 bits per heavy atom. The molecule has 1 N–H and O–H groups in total. The van der Waals surface area contributed by atoms with Crippen LogP contribution in [0.3, 0.4) is 0 Å². The molecular weight excluding hydrogens is 314 g/mol. The number of halogens is 2. The summed E-state index contributed by atoms with van der Waals surface area (Å²) in [6.07, 6.45) is -0.279. The standard InChI is InChI=1S/C14H18F2N2O3S/c1-19-9-17-14(22)18-4-5-20-11(7-18)8-21-13-6-10(15)2-3-12(13)16/h2-3,6,11H,4-5,7-9H2,1H3,(H,17,22). The van der Waals surface area contributed by atoms with Crippen LogP contribution < -0.4 is 10.1 Å². The lowest BCUT2D eigenvalue weighted by Gasteiger charge is -2.34. The lowest BCUT2D eigenvalue weighted by atomic mass is 10.3. The number of methoxy groups -OCH3 is 1. The summed E-state index contributed by atoms with van der Waals surface area (Å²) in [6, 6.07) is 3.09. The van der Waals surface area contributed by atoms with Crippen LogP contribution in [0.25, 0.3) is 0 Å². The lowest BCUT2D eigenvalue weighted by Crippen LogP contribution is -2.51. The van der Waals surface area contributed by atoms with Gasteiger partial charge in [-0.15, -0.1) is 0 Å². The molecule has 0 aliphatic carbocycles. The molecular formula is C14H18F2N2O3S. The molecule has 1 heterocycles. The summed E-state index contributed by atoms with van der Waals surface area (Å²) in [6.45, 7) is 2.08. The van der Waals surface area contributed by atoms with Crippen molar-refractivity contribution in [3.8, 4) is 5.75 Å². The molecule has 0 amide bonds. The second-order valence-corrected chi connectivity index (χ2v) is 5.13. The third kappa shape index (κ3) is 4.75. The van der Waals surface area contributed by atoms with Gasteiger partial charge in [-0.3, -0.25) is 0 Å². The number of hydrogen-bond acceptors (Lipinski definition) is 4. The molecule has 0 spiro atoms. The monoisotopic (exact) mass is 332 g/mol. The molecule has 122 valence electrons. The summed E-state index contributed by atoms with van der Waals surface area (Å²) < 4.78 is 42.3. The summed E-state index contributed by atoms with van der Waals surface area (Å²) in [7, 11) is 1.57. The van der Waals surface area contributed by atoms with Crippen molar-refractivity contribution < 1.29 is 23.0 Å². The van der Waals surface area contributed by atoms with Gasteiger partial charge in [-0.2, -0.15) is 0 Å². The first-order valence-corrected chi connectivity index (χ1v) is 7.22. The average molecular weight is 332 g/mol. The van der Waals surface area contributed by atoms with Gasteiger partial charge in [0, 0.05) is 26.3 Å². The highest BCUT2D eigenvalue weighted by Crippen LogP contribution is 2.19. The number of ether oxygens (including phenoxy) is 3. The van der Waals surface area contributed by atoms with Crippen molar-refractivity contribution in [2.24, 2.45) is 0 Å². The minimum Gasteiger partial charge on any atom is -0.488 e. The second kappa shape index (κ2) is 8.21. The van der Waals surface area contributed by atoms with E-state index in [-0.39, 0.29) is 18.5 Å². The molecule has 1 atom stereocenters. The third-order valence-corrected chi connectivity index (χ3v) is 3.51. The van der Waals surface area contributed by atoms with E-state index in [1.54, 1.807) is 7.11 Å². The van der Waals surface area contributed by atoms with E-state index in [1.165, 1.54) is 0 Å². The van der Waals surface area contributed by atoms with Crippen LogP contribution in [0.2, 0.25) is 0 Å². The van der Waals surface area contributed by atoms with E-state index in [2.05, 4.69) is 5.32 Å². The Bertz CT molecular complexity index is 519. The largest absolute Gasteiger partial charge is 0.488 e. The number of hydrogen-bond donors (Lipinski definition) is 1. The Kier molecular flexibility index (Phi) is 6.29. The molecule has 0 aromatic heterocycles. The molecule has 1 saturated heterocycles. The number of rotatable bonds is 5. The van der Waals surface area contributed by atoms with Crippen LogP contribution in [0.1, 0.15) is 0 Å². The number of benzene rings is 1. The van der Waals surface area contributed by atoms with Crippen LogP contribution in [-0.4, -0.2) is 56.3 Å². The molecule has 5 nitrogen and oxygen atoms in total. The SMILES string of the molecule is COCNC(=S)N1CCOC(COc2cc(F)ccc2F)C1. The van der Waals surface area contributed by atoms with Gasteiger partial charge in [0.1, 0.15) is 25.3 Å². The number of morpholine rings is 1. The van der Waals surface area contributed by atoms with Gasteiger partial charge in [-0.05, 0) is 24.4 Å². The third-order valence-electron chi connectivity index (χ3n) is 3.11. The Morgan fingerprint density at radius 1 is 1.50 bits per heavy atom. The Hall–Kier alpha value is -1.51. The van der Waals surface area contributed by atoms with E-state index in [9.17, 15) is 8.78 Å². The summed E-state index contributed by atoms with van der Waals surface area (Å²) in [5, 5.41) is 3.50. The quantitative estimate of drug-likeness (QED) is 0.651. The van der Waals surface area contributed by atoms with Crippen molar-refractivity contribution in [2.45, 2.75) is 6.10 Å². The molecule has 1 aromatic carbocycles. The molecule has 2 rings (SSSR count). The normalized spacial score (nSPS) is 18.1. The fraction of sp³-hybridized carbons (Fsp3) is 0.500. The summed E-state index contributed by atoms with van der Waals surface area (Å²) >= 11 is 5.24. The molecule has 0 radical (unpaired) electrons. The highest BCUT2D eigenvalue weighted by atomic mass is 32.1. The average Bonchev–Trinajstić information content (AvgIpc) is 2.53. The summed E-state index contributed by atoms with van der Waals surface area (Å²) in [5.41, 5.74) is 0. The van der Waals surface area contributed by atoms with Gasteiger partial charge in [0.2, 0.25) is 0 Å². The highest BCUT2D eigenvalue weighted by Gasteiger charge is 2.23. The first-order valence-electron chi connectivity index (χ1n) is 6.81. The molecule has 1 fully saturated rings. The zero-order chi connectivity index (χ0) is 15.9. The smallest absolute Gasteiger partial charge is 0.170 e. The van der Waals surface area contributed by atoms with Gasteiger partial charge >= 0.3 is 0 Å². The van der Waals surface area contributed by atoms with E-state index < -0.39 is 11.6 Å². The predicted molar refractivity (Wildman–Crippen MR) is 80.8 cm³/mol. The summed E-state index contributed by atoms with van der Waals surface area (Å²) in [4.78, 5) is 1.92. The van der Waals surface area contributed by atoms with E-state index in [0.717, 1.165) is 18.2 Å². The van der Waals surface area contributed by atoms with Crippen LogP contribution in [0, 0.1) is 11.6 Å². The van der Waals surface area contributed by atoms with Crippen LogP contribution in [0.15, 0.2) is 18.2 Å². The van der Waals surface area contributed by atoms with E-state index in [1.807, 2.05) is 4.90 Å². The van der Waals surface area contributed by atoms with Gasteiger partial charge in [0.15, 0.2) is 16.7 Å². The molecule has 1 unspecified atom stereocenters. The maximum atomic E-state index is 13.5. The van der Waals surface area contributed by atoms with Gasteiger partial charge in [-0.25, -0.2) is 8.78 Å². The second-order valence-electron chi connectivity index (χ2n) is 4.74. The number of nitrogens with one attached hydrogen (secondary N) is 1. The van der Waals surface area contributed by atoms with Crippen molar-refractivity contribution >= 4 is 17.3 Å². The minimum atomic E-state index is -0.605. The summed E-state index contributed by atoms with van der Waals surface area (Å²) in [5.74, 6) is -1.28. The van der Waals surface area contributed by atoms with E-state index >= 15 is 0 Å². The van der Waals surface area contributed by atoms with Gasteiger partial charge < -0.3 is 24.4 Å². The zero-order valence-corrected chi connectivity index (χ0v) is 13.0. The maximum Gasteiger partial charge on any atom is 0.170 e. The van der Waals surface area contributed by atoms with Gasteiger partial charge in [0.05, 0.1) is 6.61 Å². The molecule has 1 aliphatic heterocycles. The van der Waals surface area contributed by atoms with Gasteiger partial charge in [-0.1, -0.05) is 0 Å². The molecule has 8 heteroatoms. The number of thiocarbonyl (C=S) groups is 1. The fourth-order valence-corrected chi connectivity index (χ4v) is 2.25. The lowest BCUT2D eigenvalue weighted by molar-refractivity contribution is -0.0297. The Morgan fingerprint density at radius 3 is 3.09 bits per heavy atom. The van der Waals surface area contributed by atoms with Crippen molar-refractivity contribution in [1.82, 2.24) is 10.2 Å². The first-order chi connectivity index (χ1) is 10.6.